The summed E-state index contributed by atoms with van der Waals surface area (Å²) < 4.78 is 5.02. The smallest absolute Gasteiger partial charge is 0.408 e. The van der Waals surface area contributed by atoms with Crippen molar-refractivity contribution >= 4 is 12.0 Å². The maximum atomic E-state index is 11.4. The van der Waals surface area contributed by atoms with E-state index in [9.17, 15) is 14.7 Å². The van der Waals surface area contributed by atoms with Crippen molar-refractivity contribution in [3.63, 3.8) is 0 Å². The number of benzene rings is 1. The highest BCUT2D eigenvalue weighted by atomic mass is 16.6. The number of primary amides is 1. The van der Waals surface area contributed by atoms with E-state index in [2.05, 4.69) is 5.32 Å². The van der Waals surface area contributed by atoms with E-state index in [4.69, 9.17) is 10.5 Å². The molecule has 0 spiro atoms. The Morgan fingerprint density at radius 1 is 1.59 bits per heavy atom. The Hall–Kier alpha value is -2.24. The van der Waals surface area contributed by atoms with Gasteiger partial charge in [0.1, 0.15) is 5.75 Å². The minimum absolute atomic E-state index is 0.0252. The zero-order chi connectivity index (χ0) is 12.6. The van der Waals surface area contributed by atoms with Gasteiger partial charge in [-0.1, -0.05) is 12.1 Å². The molecule has 2 amide bonds. The van der Waals surface area contributed by atoms with Crippen molar-refractivity contribution in [2.75, 3.05) is 0 Å². The van der Waals surface area contributed by atoms with E-state index in [1.165, 1.54) is 19.1 Å². The minimum atomic E-state index is -1.31. The monoisotopic (exact) mass is 236 g/mol. The SMILES string of the molecule is CC1(C(N)=O)NC(=O)OC1c1cccc(O)c1. The number of nitrogens with one attached hydrogen (secondary N) is 1. The van der Waals surface area contributed by atoms with Crippen molar-refractivity contribution in [3.8, 4) is 5.75 Å². The van der Waals surface area contributed by atoms with E-state index >= 15 is 0 Å². The highest BCUT2D eigenvalue weighted by molar-refractivity contribution is 5.91. The van der Waals surface area contributed by atoms with Gasteiger partial charge in [0, 0.05) is 0 Å². The quantitative estimate of drug-likeness (QED) is 0.692. The summed E-state index contributed by atoms with van der Waals surface area (Å²) in [5, 5.41) is 11.8. The number of amides is 2. The van der Waals surface area contributed by atoms with Gasteiger partial charge in [-0.05, 0) is 24.6 Å². The van der Waals surface area contributed by atoms with E-state index in [0.29, 0.717) is 5.56 Å². The Kier molecular flexibility index (Phi) is 2.42. The normalized spacial score (nSPS) is 27.4. The molecular weight excluding hydrogens is 224 g/mol. The van der Waals surface area contributed by atoms with Gasteiger partial charge in [0.25, 0.3) is 0 Å². The van der Waals surface area contributed by atoms with Crippen molar-refractivity contribution < 1.29 is 19.4 Å². The summed E-state index contributed by atoms with van der Waals surface area (Å²) in [6.07, 6.45) is -1.56. The van der Waals surface area contributed by atoms with Crippen molar-refractivity contribution in [2.45, 2.75) is 18.6 Å². The van der Waals surface area contributed by atoms with E-state index in [1.807, 2.05) is 0 Å². The van der Waals surface area contributed by atoms with Crippen LogP contribution in [0.4, 0.5) is 4.79 Å². The second kappa shape index (κ2) is 3.65. The fourth-order valence-corrected chi connectivity index (χ4v) is 1.81. The number of aromatic hydroxyl groups is 1. The van der Waals surface area contributed by atoms with Crippen LogP contribution in [-0.4, -0.2) is 22.6 Å². The van der Waals surface area contributed by atoms with Gasteiger partial charge < -0.3 is 20.9 Å². The predicted octanol–water partition coefficient (Wildman–Crippen LogP) is 0.417. The number of hydrogen-bond acceptors (Lipinski definition) is 4. The van der Waals surface area contributed by atoms with E-state index in [1.54, 1.807) is 12.1 Å². The van der Waals surface area contributed by atoms with Crippen LogP contribution < -0.4 is 11.1 Å². The number of alkyl carbamates (subject to hydrolysis) is 1. The number of carbonyl (C=O) groups is 2. The minimum Gasteiger partial charge on any atom is -0.508 e. The number of ether oxygens (including phenoxy) is 1. The lowest BCUT2D eigenvalue weighted by atomic mass is 9.89. The molecule has 0 aromatic heterocycles. The molecule has 1 heterocycles. The first-order valence-corrected chi connectivity index (χ1v) is 5.01. The molecule has 6 nitrogen and oxygen atoms in total. The molecule has 1 aliphatic heterocycles. The number of cyclic esters (lactones) is 1. The van der Waals surface area contributed by atoms with E-state index < -0.39 is 23.6 Å². The standard InChI is InChI=1S/C11H12N2O4/c1-11(9(12)15)8(17-10(16)13-11)6-3-2-4-7(14)5-6/h2-5,8,14H,1H3,(H2,12,15)(H,13,16). The Labute approximate surface area is 97.4 Å². The average Bonchev–Trinajstić information content (AvgIpc) is 2.55. The van der Waals surface area contributed by atoms with Gasteiger partial charge in [-0.3, -0.25) is 4.79 Å². The number of nitrogens with two attached hydrogens (primary N) is 1. The van der Waals surface area contributed by atoms with Crippen LogP contribution in [0.5, 0.6) is 5.75 Å². The van der Waals surface area contributed by atoms with Crippen LogP contribution in [0.25, 0.3) is 0 Å². The predicted molar refractivity (Wildman–Crippen MR) is 58.1 cm³/mol. The van der Waals surface area contributed by atoms with Crippen LogP contribution in [-0.2, 0) is 9.53 Å². The Bertz CT molecular complexity index is 488. The largest absolute Gasteiger partial charge is 0.508 e. The Balaban J connectivity index is 2.43. The number of rotatable bonds is 2. The van der Waals surface area contributed by atoms with Gasteiger partial charge in [0.05, 0.1) is 0 Å². The average molecular weight is 236 g/mol. The molecule has 0 aliphatic carbocycles. The van der Waals surface area contributed by atoms with Crippen molar-refractivity contribution in [1.29, 1.82) is 0 Å². The maximum absolute atomic E-state index is 11.4. The fraction of sp³-hybridized carbons (Fsp3) is 0.273. The van der Waals surface area contributed by atoms with Gasteiger partial charge >= 0.3 is 6.09 Å². The van der Waals surface area contributed by atoms with Crippen LogP contribution in [0, 0.1) is 0 Å². The number of carbonyl (C=O) groups excluding carboxylic acids is 2. The molecule has 1 fully saturated rings. The van der Waals surface area contributed by atoms with Crippen LogP contribution in [0.2, 0.25) is 0 Å². The van der Waals surface area contributed by atoms with Gasteiger partial charge in [0.2, 0.25) is 5.91 Å². The zero-order valence-electron chi connectivity index (χ0n) is 9.14. The first-order valence-electron chi connectivity index (χ1n) is 5.01. The molecule has 4 N–H and O–H groups in total. The molecule has 0 saturated carbocycles. The van der Waals surface area contributed by atoms with Gasteiger partial charge in [-0.15, -0.1) is 0 Å². The van der Waals surface area contributed by atoms with Crippen molar-refractivity contribution in [3.05, 3.63) is 29.8 Å². The summed E-state index contributed by atoms with van der Waals surface area (Å²) in [6, 6.07) is 6.14. The van der Waals surface area contributed by atoms with E-state index in [0.717, 1.165) is 0 Å². The Morgan fingerprint density at radius 2 is 2.29 bits per heavy atom. The lowest BCUT2D eigenvalue weighted by molar-refractivity contribution is -0.125. The molecule has 2 rings (SSSR count). The van der Waals surface area contributed by atoms with E-state index in [-0.39, 0.29) is 5.75 Å². The molecule has 0 bridgehead atoms. The number of phenols is 1. The summed E-state index contributed by atoms with van der Waals surface area (Å²) in [5.74, 6) is -0.672. The third-order valence-electron chi connectivity index (χ3n) is 2.80. The lowest BCUT2D eigenvalue weighted by Gasteiger charge is -2.24. The van der Waals surface area contributed by atoms with Crippen molar-refractivity contribution in [2.24, 2.45) is 5.73 Å². The fourth-order valence-electron chi connectivity index (χ4n) is 1.81. The molecule has 6 heteroatoms. The second-order valence-corrected chi connectivity index (χ2v) is 4.07. The molecule has 1 aromatic carbocycles. The third kappa shape index (κ3) is 1.77. The highest BCUT2D eigenvalue weighted by Crippen LogP contribution is 2.35. The molecule has 17 heavy (non-hydrogen) atoms. The second-order valence-electron chi connectivity index (χ2n) is 4.07. The summed E-state index contributed by atoms with van der Waals surface area (Å²) in [5.41, 5.74) is 4.45. The Morgan fingerprint density at radius 3 is 2.88 bits per heavy atom. The molecule has 0 radical (unpaired) electrons. The molecule has 2 atom stereocenters. The maximum Gasteiger partial charge on any atom is 0.408 e. The highest BCUT2D eigenvalue weighted by Gasteiger charge is 2.50. The summed E-state index contributed by atoms with van der Waals surface area (Å²) >= 11 is 0. The zero-order valence-corrected chi connectivity index (χ0v) is 9.14. The molecule has 2 unspecified atom stereocenters. The molecule has 1 aromatic rings. The molecule has 1 saturated heterocycles. The topological polar surface area (TPSA) is 102 Å². The summed E-state index contributed by atoms with van der Waals surface area (Å²) in [4.78, 5) is 22.6. The van der Waals surface area contributed by atoms with Crippen LogP contribution in [0.15, 0.2) is 24.3 Å². The van der Waals surface area contributed by atoms with Crippen LogP contribution >= 0.6 is 0 Å². The number of phenolic OH excluding ortho intramolecular Hbond substituents is 1. The molecule has 90 valence electrons. The number of hydrogen-bond donors (Lipinski definition) is 3. The van der Waals surface area contributed by atoms with Crippen LogP contribution in [0.1, 0.15) is 18.6 Å². The van der Waals surface area contributed by atoms with Crippen molar-refractivity contribution in [1.82, 2.24) is 5.32 Å². The van der Waals surface area contributed by atoms with Gasteiger partial charge in [-0.2, -0.15) is 0 Å². The molecule has 1 aliphatic rings. The first kappa shape index (κ1) is 11.3. The summed E-state index contributed by atoms with van der Waals surface area (Å²) in [6.45, 7) is 1.48. The third-order valence-corrected chi connectivity index (χ3v) is 2.80. The van der Waals surface area contributed by atoms with Gasteiger partial charge in [0.15, 0.2) is 11.6 Å². The summed E-state index contributed by atoms with van der Waals surface area (Å²) in [7, 11) is 0. The van der Waals surface area contributed by atoms with Gasteiger partial charge in [-0.25, -0.2) is 4.79 Å². The molecular formula is C11H12N2O4. The van der Waals surface area contributed by atoms with Crippen LogP contribution in [0.3, 0.4) is 0 Å². The lowest BCUT2D eigenvalue weighted by Crippen LogP contribution is -2.52. The first-order chi connectivity index (χ1) is 7.93.